The maximum Gasteiger partial charge on any atom is 0.318 e. The number of ether oxygens (including phenoxy) is 2. The van der Waals surface area contributed by atoms with Gasteiger partial charge in [-0.25, -0.2) is 0 Å². The Morgan fingerprint density at radius 3 is 2.64 bits per heavy atom. The summed E-state index contributed by atoms with van der Waals surface area (Å²) in [6.07, 6.45) is 13.9. The Hall–Kier alpha value is -2.43. The van der Waals surface area contributed by atoms with Crippen molar-refractivity contribution in [2.24, 2.45) is 11.8 Å². The molecule has 3 aliphatic rings. The van der Waals surface area contributed by atoms with E-state index in [1.54, 1.807) is 25.3 Å². The van der Waals surface area contributed by atoms with Crippen LogP contribution in [0, 0.1) is 11.8 Å². The minimum absolute atomic E-state index is 0.145. The van der Waals surface area contributed by atoms with Crippen molar-refractivity contribution in [2.75, 3.05) is 0 Å². The number of carbonyl (C=O) groups is 3. The maximum absolute atomic E-state index is 12.9. The van der Waals surface area contributed by atoms with E-state index in [2.05, 4.69) is 6.92 Å². The van der Waals surface area contributed by atoms with E-state index >= 15 is 0 Å². The molecule has 1 fully saturated rings. The van der Waals surface area contributed by atoms with Crippen molar-refractivity contribution in [2.45, 2.75) is 64.9 Å². The standard InChI is InChI=1S/C23H28O5/c1-4-6-7-8-9-11-18(24)20-21-17-14-27-16(10-5-2)12-15(17)13-19(25)23(21,3)28-22(20)26/h5,10,12-14,20-21H,4,6-9,11H2,1-3H3/t20-,21-,23+/m0/s1. The van der Waals surface area contributed by atoms with Gasteiger partial charge < -0.3 is 9.47 Å². The zero-order valence-electron chi connectivity index (χ0n) is 16.8. The molecule has 0 amide bonds. The molecule has 3 atom stereocenters. The predicted molar refractivity (Wildman–Crippen MR) is 105 cm³/mol. The number of allylic oxidation sites excluding steroid dienone is 4. The van der Waals surface area contributed by atoms with E-state index in [-0.39, 0.29) is 11.6 Å². The summed E-state index contributed by atoms with van der Waals surface area (Å²) in [7, 11) is 0. The van der Waals surface area contributed by atoms with E-state index in [4.69, 9.17) is 9.47 Å². The monoisotopic (exact) mass is 384 g/mol. The number of Topliss-reactive ketones (excluding diaryl/α,β-unsaturated/α-hetero) is 1. The molecule has 2 aliphatic heterocycles. The highest BCUT2D eigenvalue weighted by atomic mass is 16.6. The first-order valence-corrected chi connectivity index (χ1v) is 10.2. The summed E-state index contributed by atoms with van der Waals surface area (Å²) in [6.45, 7) is 5.62. The second-order valence-electron chi connectivity index (χ2n) is 7.82. The first-order valence-electron chi connectivity index (χ1n) is 10.2. The summed E-state index contributed by atoms with van der Waals surface area (Å²) < 4.78 is 11.1. The van der Waals surface area contributed by atoms with Crippen LogP contribution in [0.25, 0.3) is 0 Å². The van der Waals surface area contributed by atoms with Gasteiger partial charge in [-0.15, -0.1) is 0 Å². The highest BCUT2D eigenvalue weighted by molar-refractivity contribution is 6.09. The first-order chi connectivity index (χ1) is 13.4. The summed E-state index contributed by atoms with van der Waals surface area (Å²) in [6, 6.07) is 0. The Labute approximate surface area is 166 Å². The van der Waals surface area contributed by atoms with Crippen molar-refractivity contribution in [1.82, 2.24) is 0 Å². The molecule has 1 aliphatic carbocycles. The Bertz CT molecular complexity index is 798. The Morgan fingerprint density at radius 1 is 1.18 bits per heavy atom. The van der Waals surface area contributed by atoms with Gasteiger partial charge in [0.25, 0.3) is 0 Å². The van der Waals surface area contributed by atoms with E-state index in [9.17, 15) is 14.4 Å². The van der Waals surface area contributed by atoms with Crippen molar-refractivity contribution in [1.29, 1.82) is 0 Å². The number of hydrogen-bond acceptors (Lipinski definition) is 5. The van der Waals surface area contributed by atoms with Crippen LogP contribution in [-0.4, -0.2) is 23.1 Å². The molecule has 0 saturated carbocycles. The van der Waals surface area contributed by atoms with E-state index in [0.29, 0.717) is 23.3 Å². The fraction of sp³-hybridized carbons (Fsp3) is 0.522. The van der Waals surface area contributed by atoms with Gasteiger partial charge in [-0.3, -0.25) is 14.4 Å². The van der Waals surface area contributed by atoms with Crippen molar-refractivity contribution in [3.05, 3.63) is 47.5 Å². The second-order valence-corrected chi connectivity index (χ2v) is 7.82. The molecule has 0 unspecified atom stereocenters. The van der Waals surface area contributed by atoms with Crippen LogP contribution in [0.2, 0.25) is 0 Å². The molecule has 0 radical (unpaired) electrons. The minimum atomic E-state index is -1.34. The summed E-state index contributed by atoms with van der Waals surface area (Å²) in [5.41, 5.74) is 0.0287. The van der Waals surface area contributed by atoms with Crippen molar-refractivity contribution in [3.63, 3.8) is 0 Å². The maximum atomic E-state index is 12.9. The van der Waals surface area contributed by atoms with Gasteiger partial charge >= 0.3 is 5.97 Å². The van der Waals surface area contributed by atoms with Gasteiger partial charge in [0.15, 0.2) is 11.4 Å². The lowest BCUT2D eigenvalue weighted by molar-refractivity contribution is -0.156. The van der Waals surface area contributed by atoms with Crippen LogP contribution in [0.4, 0.5) is 0 Å². The van der Waals surface area contributed by atoms with E-state index in [1.165, 1.54) is 6.08 Å². The smallest absolute Gasteiger partial charge is 0.318 e. The summed E-state index contributed by atoms with van der Waals surface area (Å²) in [5, 5.41) is 0. The summed E-state index contributed by atoms with van der Waals surface area (Å²) in [4.78, 5) is 38.3. The lowest BCUT2D eigenvalue weighted by atomic mass is 9.67. The van der Waals surface area contributed by atoms with Crippen molar-refractivity contribution in [3.8, 4) is 0 Å². The molecule has 0 aromatic heterocycles. The van der Waals surface area contributed by atoms with Gasteiger partial charge in [-0.1, -0.05) is 38.7 Å². The number of esters is 1. The van der Waals surface area contributed by atoms with E-state index in [1.807, 2.05) is 13.0 Å². The molecule has 0 aromatic carbocycles. The average Bonchev–Trinajstić information content (AvgIpc) is 2.94. The lowest BCUT2D eigenvalue weighted by Crippen LogP contribution is -2.46. The normalized spacial score (nSPS) is 28.8. The largest absolute Gasteiger partial charge is 0.465 e. The Balaban J connectivity index is 1.83. The van der Waals surface area contributed by atoms with Gasteiger partial charge in [0.1, 0.15) is 17.5 Å². The Kier molecular flexibility index (Phi) is 6.01. The van der Waals surface area contributed by atoms with Crippen LogP contribution in [0.15, 0.2) is 47.5 Å². The molecule has 0 bridgehead atoms. The topological polar surface area (TPSA) is 69.7 Å². The average molecular weight is 384 g/mol. The predicted octanol–water partition coefficient (Wildman–Crippen LogP) is 4.35. The number of unbranched alkanes of at least 4 members (excludes halogenated alkanes) is 4. The molecule has 28 heavy (non-hydrogen) atoms. The quantitative estimate of drug-likeness (QED) is 0.354. The first kappa shape index (κ1) is 20.3. The second kappa shape index (κ2) is 8.29. The van der Waals surface area contributed by atoms with Gasteiger partial charge in [-0.2, -0.15) is 0 Å². The molecule has 0 spiro atoms. The fourth-order valence-corrected chi connectivity index (χ4v) is 4.23. The number of carbonyl (C=O) groups excluding carboxylic acids is 3. The molecule has 1 saturated heterocycles. The van der Waals surface area contributed by atoms with Gasteiger partial charge in [0.2, 0.25) is 0 Å². The zero-order chi connectivity index (χ0) is 20.3. The van der Waals surface area contributed by atoms with Gasteiger partial charge in [0, 0.05) is 12.0 Å². The van der Waals surface area contributed by atoms with Crippen LogP contribution in [0.3, 0.4) is 0 Å². The van der Waals surface area contributed by atoms with Gasteiger partial charge in [0.05, 0.1) is 12.2 Å². The molecular weight excluding hydrogens is 356 g/mol. The lowest BCUT2D eigenvalue weighted by Gasteiger charge is -2.35. The summed E-state index contributed by atoms with van der Waals surface area (Å²) in [5.74, 6) is -2.01. The van der Waals surface area contributed by atoms with Crippen LogP contribution in [-0.2, 0) is 23.9 Å². The van der Waals surface area contributed by atoms with Crippen LogP contribution >= 0.6 is 0 Å². The third-order valence-electron chi connectivity index (χ3n) is 5.76. The number of rotatable bonds is 8. The number of ketones is 2. The van der Waals surface area contributed by atoms with Crippen LogP contribution < -0.4 is 0 Å². The van der Waals surface area contributed by atoms with Crippen LogP contribution in [0.1, 0.15) is 59.3 Å². The highest BCUT2D eigenvalue weighted by Crippen LogP contribution is 2.50. The van der Waals surface area contributed by atoms with E-state index < -0.39 is 23.4 Å². The van der Waals surface area contributed by atoms with Crippen molar-refractivity contribution >= 4 is 17.5 Å². The summed E-state index contributed by atoms with van der Waals surface area (Å²) >= 11 is 0. The molecule has 3 rings (SSSR count). The molecule has 5 heteroatoms. The zero-order valence-corrected chi connectivity index (χ0v) is 16.8. The van der Waals surface area contributed by atoms with E-state index in [0.717, 1.165) is 32.1 Å². The minimum Gasteiger partial charge on any atom is -0.465 e. The highest BCUT2D eigenvalue weighted by Gasteiger charge is 2.62. The van der Waals surface area contributed by atoms with Gasteiger partial charge in [-0.05, 0) is 44.1 Å². The van der Waals surface area contributed by atoms with Crippen molar-refractivity contribution < 1.29 is 23.9 Å². The molecular formula is C23H28O5. The SMILES string of the molecule is CC=CC1=CC2=CC(=O)[C@@]3(C)OC(=O)[C@@H](C(=O)CCCCCCC)[C@@H]3C2=CO1. The number of hydrogen-bond donors (Lipinski definition) is 0. The fourth-order valence-electron chi connectivity index (χ4n) is 4.23. The Morgan fingerprint density at radius 2 is 1.93 bits per heavy atom. The molecule has 5 nitrogen and oxygen atoms in total. The third kappa shape index (κ3) is 3.62. The molecule has 0 aromatic rings. The molecule has 150 valence electrons. The number of fused-ring (bicyclic) bond motifs is 3. The van der Waals surface area contributed by atoms with Crippen LogP contribution in [0.5, 0.6) is 0 Å². The third-order valence-corrected chi connectivity index (χ3v) is 5.76. The molecule has 0 N–H and O–H groups in total. The molecule has 2 heterocycles.